The highest BCUT2D eigenvalue weighted by Gasteiger charge is 2.11. The summed E-state index contributed by atoms with van der Waals surface area (Å²) in [7, 11) is 0. The second-order valence-corrected chi connectivity index (χ2v) is 4.27. The van der Waals surface area contributed by atoms with Gasteiger partial charge in [0.05, 0.1) is 6.61 Å². The van der Waals surface area contributed by atoms with Crippen LogP contribution < -0.4 is 10.6 Å². The first-order chi connectivity index (χ1) is 8.43. The summed E-state index contributed by atoms with van der Waals surface area (Å²) in [4.78, 5) is 22.9. The van der Waals surface area contributed by atoms with Gasteiger partial charge in [-0.05, 0) is 31.5 Å². The standard InChI is InChI=1S/C13H18N2O3/c1-8-4-5-11(6-12(8)15-10(3)17)13(18)14-9(2)7-16/h4-6,9,16H,7H2,1-3H3,(H,14,18)(H,15,17). The maximum absolute atomic E-state index is 11.8. The highest BCUT2D eigenvalue weighted by atomic mass is 16.3. The molecule has 3 N–H and O–H groups in total. The summed E-state index contributed by atoms with van der Waals surface area (Å²) >= 11 is 0. The van der Waals surface area contributed by atoms with Gasteiger partial charge in [-0.1, -0.05) is 6.07 Å². The van der Waals surface area contributed by atoms with Crippen LogP contribution >= 0.6 is 0 Å². The number of aliphatic hydroxyl groups excluding tert-OH is 1. The van der Waals surface area contributed by atoms with E-state index in [1.165, 1.54) is 6.92 Å². The topological polar surface area (TPSA) is 78.4 Å². The van der Waals surface area contributed by atoms with Gasteiger partial charge in [-0.15, -0.1) is 0 Å². The number of hydrogen-bond acceptors (Lipinski definition) is 3. The number of hydrogen-bond donors (Lipinski definition) is 3. The molecule has 0 fully saturated rings. The van der Waals surface area contributed by atoms with Crippen LogP contribution in [0.25, 0.3) is 0 Å². The molecule has 0 aliphatic carbocycles. The molecule has 18 heavy (non-hydrogen) atoms. The Morgan fingerprint density at radius 3 is 2.61 bits per heavy atom. The summed E-state index contributed by atoms with van der Waals surface area (Å²) < 4.78 is 0. The van der Waals surface area contributed by atoms with Gasteiger partial charge >= 0.3 is 0 Å². The second kappa shape index (κ2) is 6.16. The van der Waals surface area contributed by atoms with Gasteiger partial charge in [0.2, 0.25) is 5.91 Å². The van der Waals surface area contributed by atoms with Crippen molar-refractivity contribution in [1.29, 1.82) is 0 Å². The van der Waals surface area contributed by atoms with Crippen molar-refractivity contribution in [2.45, 2.75) is 26.8 Å². The molecule has 0 aliphatic rings. The van der Waals surface area contributed by atoms with Crippen LogP contribution in [-0.4, -0.2) is 29.6 Å². The van der Waals surface area contributed by atoms with Crippen molar-refractivity contribution < 1.29 is 14.7 Å². The Balaban J connectivity index is 2.90. The molecular weight excluding hydrogens is 232 g/mol. The molecule has 5 nitrogen and oxygen atoms in total. The number of carbonyl (C=O) groups excluding carboxylic acids is 2. The monoisotopic (exact) mass is 250 g/mol. The third-order valence-electron chi connectivity index (χ3n) is 2.46. The zero-order valence-corrected chi connectivity index (χ0v) is 10.8. The molecule has 1 unspecified atom stereocenters. The summed E-state index contributed by atoms with van der Waals surface area (Å²) in [6, 6.07) is 4.77. The quantitative estimate of drug-likeness (QED) is 0.747. The lowest BCUT2D eigenvalue weighted by atomic mass is 10.1. The molecule has 0 heterocycles. The molecule has 0 aromatic heterocycles. The lowest BCUT2D eigenvalue weighted by Crippen LogP contribution is -2.35. The highest BCUT2D eigenvalue weighted by Crippen LogP contribution is 2.16. The van der Waals surface area contributed by atoms with Crippen molar-refractivity contribution in [1.82, 2.24) is 5.32 Å². The number of anilines is 1. The van der Waals surface area contributed by atoms with Crippen LogP contribution in [0.2, 0.25) is 0 Å². The summed E-state index contributed by atoms with van der Waals surface area (Å²) in [6.45, 7) is 4.86. The molecule has 1 aromatic carbocycles. The maximum Gasteiger partial charge on any atom is 0.251 e. The molecule has 98 valence electrons. The van der Waals surface area contributed by atoms with E-state index in [9.17, 15) is 9.59 Å². The molecule has 1 rings (SSSR count). The first kappa shape index (κ1) is 14.2. The van der Waals surface area contributed by atoms with E-state index in [4.69, 9.17) is 5.11 Å². The van der Waals surface area contributed by atoms with Crippen LogP contribution in [0.3, 0.4) is 0 Å². The predicted octanol–water partition coefficient (Wildman–Crippen LogP) is 1.06. The minimum absolute atomic E-state index is 0.115. The molecule has 2 amide bonds. The van der Waals surface area contributed by atoms with E-state index >= 15 is 0 Å². The van der Waals surface area contributed by atoms with Gasteiger partial charge in [0, 0.05) is 24.2 Å². The Bertz CT molecular complexity index is 458. The van der Waals surface area contributed by atoms with Gasteiger partial charge in [-0.3, -0.25) is 9.59 Å². The maximum atomic E-state index is 11.8. The largest absolute Gasteiger partial charge is 0.394 e. The van der Waals surface area contributed by atoms with E-state index in [-0.39, 0.29) is 24.5 Å². The van der Waals surface area contributed by atoms with Crippen LogP contribution in [0.1, 0.15) is 29.8 Å². The molecule has 0 saturated carbocycles. The molecule has 0 radical (unpaired) electrons. The van der Waals surface area contributed by atoms with Gasteiger partial charge in [0.25, 0.3) is 5.91 Å². The molecule has 5 heteroatoms. The van der Waals surface area contributed by atoms with Crippen molar-refractivity contribution in [2.75, 3.05) is 11.9 Å². The number of carbonyl (C=O) groups is 2. The number of aliphatic hydroxyl groups is 1. The van der Waals surface area contributed by atoms with Gasteiger partial charge in [0.1, 0.15) is 0 Å². The summed E-state index contributed by atoms with van der Waals surface area (Å²) in [5.41, 5.74) is 1.95. The zero-order chi connectivity index (χ0) is 13.7. The van der Waals surface area contributed by atoms with Crippen molar-refractivity contribution in [3.63, 3.8) is 0 Å². The normalized spacial score (nSPS) is 11.8. The van der Waals surface area contributed by atoms with Crippen molar-refractivity contribution in [3.05, 3.63) is 29.3 Å². The highest BCUT2D eigenvalue weighted by molar-refractivity contribution is 5.97. The smallest absolute Gasteiger partial charge is 0.251 e. The Morgan fingerprint density at radius 2 is 2.06 bits per heavy atom. The second-order valence-electron chi connectivity index (χ2n) is 4.27. The Labute approximate surface area is 106 Å². The number of benzene rings is 1. The molecule has 0 bridgehead atoms. The minimum Gasteiger partial charge on any atom is -0.394 e. The summed E-state index contributed by atoms with van der Waals surface area (Å²) in [5, 5.41) is 14.2. The van der Waals surface area contributed by atoms with Crippen molar-refractivity contribution in [2.24, 2.45) is 0 Å². The predicted molar refractivity (Wildman–Crippen MR) is 69.5 cm³/mol. The fourth-order valence-electron chi connectivity index (χ4n) is 1.44. The zero-order valence-electron chi connectivity index (χ0n) is 10.8. The van der Waals surface area contributed by atoms with Crippen LogP contribution in [0.4, 0.5) is 5.69 Å². The Morgan fingerprint density at radius 1 is 1.39 bits per heavy atom. The van der Waals surface area contributed by atoms with E-state index in [1.807, 2.05) is 6.92 Å². The Hall–Kier alpha value is -1.88. The molecule has 0 saturated heterocycles. The van der Waals surface area contributed by atoms with E-state index in [1.54, 1.807) is 25.1 Å². The van der Waals surface area contributed by atoms with E-state index in [0.29, 0.717) is 11.3 Å². The molecular formula is C13H18N2O3. The van der Waals surface area contributed by atoms with Crippen LogP contribution in [0.5, 0.6) is 0 Å². The lowest BCUT2D eigenvalue weighted by Gasteiger charge is -2.12. The fraction of sp³-hybridized carbons (Fsp3) is 0.385. The number of amides is 2. The average molecular weight is 250 g/mol. The third-order valence-corrected chi connectivity index (χ3v) is 2.46. The molecule has 0 spiro atoms. The third kappa shape index (κ3) is 3.85. The van der Waals surface area contributed by atoms with Gasteiger partial charge in [-0.2, -0.15) is 0 Å². The fourth-order valence-corrected chi connectivity index (χ4v) is 1.44. The minimum atomic E-state index is -0.303. The van der Waals surface area contributed by atoms with Crippen molar-refractivity contribution in [3.8, 4) is 0 Å². The lowest BCUT2D eigenvalue weighted by molar-refractivity contribution is -0.114. The van der Waals surface area contributed by atoms with Crippen molar-refractivity contribution >= 4 is 17.5 Å². The first-order valence-electron chi connectivity index (χ1n) is 5.74. The van der Waals surface area contributed by atoms with Crippen LogP contribution in [-0.2, 0) is 4.79 Å². The van der Waals surface area contributed by atoms with Crippen LogP contribution in [0.15, 0.2) is 18.2 Å². The SMILES string of the molecule is CC(=O)Nc1cc(C(=O)NC(C)CO)ccc1C. The Kier molecular flexibility index (Phi) is 4.85. The van der Waals surface area contributed by atoms with Crippen LogP contribution in [0, 0.1) is 6.92 Å². The van der Waals surface area contributed by atoms with E-state index < -0.39 is 0 Å². The molecule has 1 aromatic rings. The van der Waals surface area contributed by atoms with Gasteiger partial charge in [-0.25, -0.2) is 0 Å². The van der Waals surface area contributed by atoms with Gasteiger partial charge < -0.3 is 15.7 Å². The summed E-state index contributed by atoms with van der Waals surface area (Å²) in [6.07, 6.45) is 0. The summed E-state index contributed by atoms with van der Waals surface area (Å²) in [5.74, 6) is -0.456. The van der Waals surface area contributed by atoms with E-state index in [0.717, 1.165) is 5.56 Å². The first-order valence-corrected chi connectivity index (χ1v) is 5.74. The molecule has 0 aliphatic heterocycles. The number of rotatable bonds is 4. The number of nitrogens with one attached hydrogen (secondary N) is 2. The average Bonchev–Trinajstić information content (AvgIpc) is 2.31. The number of aryl methyl sites for hydroxylation is 1. The van der Waals surface area contributed by atoms with E-state index in [2.05, 4.69) is 10.6 Å². The van der Waals surface area contributed by atoms with Gasteiger partial charge in [0.15, 0.2) is 0 Å². The molecule has 1 atom stereocenters.